The van der Waals surface area contributed by atoms with E-state index >= 15 is 0 Å². The first-order valence-electron chi connectivity index (χ1n) is 10.2. The topological polar surface area (TPSA) is 38.8 Å². The van der Waals surface area contributed by atoms with Crippen LogP contribution in [0.3, 0.4) is 0 Å². The first-order valence-corrected chi connectivity index (χ1v) is 12.6. The molecule has 0 spiro atoms. The third-order valence-electron chi connectivity index (χ3n) is 4.86. The Kier molecular flexibility index (Phi) is 8.06. The van der Waals surface area contributed by atoms with E-state index in [4.69, 9.17) is 56.5 Å². The third-order valence-corrected chi connectivity index (χ3v) is 7.27. The van der Waals surface area contributed by atoms with Crippen LogP contribution in [0.5, 0.6) is 11.5 Å². The van der Waals surface area contributed by atoms with Gasteiger partial charge < -0.3 is 9.47 Å². The summed E-state index contributed by atoms with van der Waals surface area (Å²) < 4.78 is 12.2. The van der Waals surface area contributed by atoms with Crippen molar-refractivity contribution >= 4 is 80.8 Å². The molecule has 0 saturated carbocycles. The summed E-state index contributed by atoms with van der Waals surface area (Å²) in [6, 6.07) is 18.0. The number of thioether (sulfide) groups is 1. The van der Waals surface area contributed by atoms with Crippen molar-refractivity contribution in [2.75, 3.05) is 11.5 Å². The lowest BCUT2D eigenvalue weighted by Crippen LogP contribution is -2.27. The first-order chi connectivity index (χ1) is 16.4. The van der Waals surface area contributed by atoms with Gasteiger partial charge in [0.1, 0.15) is 6.61 Å². The van der Waals surface area contributed by atoms with E-state index in [9.17, 15) is 4.79 Å². The Morgan fingerprint density at radius 1 is 0.941 bits per heavy atom. The molecule has 0 bridgehead atoms. The van der Waals surface area contributed by atoms with Gasteiger partial charge in [0, 0.05) is 10.6 Å². The maximum atomic E-state index is 13.1. The molecule has 4 nitrogen and oxygen atoms in total. The van der Waals surface area contributed by atoms with Crippen molar-refractivity contribution in [1.82, 2.24) is 0 Å². The minimum atomic E-state index is -0.231. The summed E-state index contributed by atoms with van der Waals surface area (Å²) in [6.07, 6.45) is 1.77. The Labute approximate surface area is 222 Å². The summed E-state index contributed by atoms with van der Waals surface area (Å²) >= 11 is 25.0. The van der Waals surface area contributed by atoms with Crippen LogP contribution >= 0.6 is 58.8 Å². The van der Waals surface area contributed by atoms with Gasteiger partial charge in [-0.25, -0.2) is 0 Å². The maximum Gasteiger partial charge on any atom is 0.270 e. The highest BCUT2D eigenvalue weighted by Gasteiger charge is 2.33. The highest BCUT2D eigenvalue weighted by molar-refractivity contribution is 8.27. The van der Waals surface area contributed by atoms with E-state index in [1.54, 1.807) is 24.3 Å². The van der Waals surface area contributed by atoms with E-state index in [1.165, 1.54) is 16.7 Å². The number of hydrogen-bond acceptors (Lipinski definition) is 5. The van der Waals surface area contributed by atoms with Crippen molar-refractivity contribution in [2.45, 2.75) is 13.5 Å². The zero-order valence-electron chi connectivity index (χ0n) is 17.9. The number of amides is 1. The van der Waals surface area contributed by atoms with Gasteiger partial charge in [-0.2, -0.15) is 0 Å². The SMILES string of the molecule is CCOc1cc(/C=C2\SC(=S)N(c3ccc(Cl)c(Cl)c3)C2=O)ccc1OCc1ccccc1Cl. The summed E-state index contributed by atoms with van der Waals surface area (Å²) in [7, 11) is 0. The molecule has 0 radical (unpaired) electrons. The number of anilines is 1. The highest BCUT2D eigenvalue weighted by atomic mass is 35.5. The molecular formula is C25H18Cl3NO3S2. The van der Waals surface area contributed by atoms with Crippen LogP contribution in [0.2, 0.25) is 15.1 Å². The smallest absolute Gasteiger partial charge is 0.270 e. The minimum absolute atomic E-state index is 0.231. The summed E-state index contributed by atoms with van der Waals surface area (Å²) in [5.41, 5.74) is 2.23. The Hall–Kier alpha value is -2.22. The molecule has 4 rings (SSSR count). The van der Waals surface area contributed by atoms with Crippen LogP contribution < -0.4 is 14.4 Å². The molecule has 9 heteroatoms. The van der Waals surface area contributed by atoms with Crippen LogP contribution in [0.4, 0.5) is 5.69 Å². The van der Waals surface area contributed by atoms with Gasteiger partial charge in [-0.3, -0.25) is 9.69 Å². The molecule has 1 aliphatic rings. The van der Waals surface area contributed by atoms with Gasteiger partial charge in [-0.1, -0.05) is 83.0 Å². The van der Waals surface area contributed by atoms with Crippen molar-refractivity contribution in [3.8, 4) is 11.5 Å². The Balaban J connectivity index is 1.56. The standard InChI is InChI=1S/C25H18Cl3NO3S2/c1-2-31-22-11-15(7-10-21(22)32-14-16-5-3-4-6-18(16)26)12-23-24(30)29(25(33)34-23)17-8-9-19(27)20(28)13-17/h3-13H,2,14H2,1H3/b23-12-. The lowest BCUT2D eigenvalue weighted by molar-refractivity contribution is -0.113. The molecule has 0 atom stereocenters. The number of carbonyl (C=O) groups excluding carboxylic acids is 1. The van der Waals surface area contributed by atoms with E-state index in [0.29, 0.717) is 54.7 Å². The van der Waals surface area contributed by atoms with Crippen molar-refractivity contribution < 1.29 is 14.3 Å². The van der Waals surface area contributed by atoms with Crippen molar-refractivity contribution in [2.24, 2.45) is 0 Å². The van der Waals surface area contributed by atoms with Gasteiger partial charge in [0.25, 0.3) is 5.91 Å². The number of rotatable bonds is 7. The van der Waals surface area contributed by atoms with Crippen LogP contribution in [-0.2, 0) is 11.4 Å². The maximum absolute atomic E-state index is 13.1. The molecule has 1 aliphatic heterocycles. The molecule has 1 saturated heterocycles. The monoisotopic (exact) mass is 549 g/mol. The van der Waals surface area contributed by atoms with Gasteiger partial charge in [0.2, 0.25) is 0 Å². The fraction of sp³-hybridized carbons (Fsp3) is 0.120. The fourth-order valence-corrected chi connectivity index (χ4v) is 5.02. The van der Waals surface area contributed by atoms with Gasteiger partial charge in [-0.05, 0) is 55.0 Å². The lowest BCUT2D eigenvalue weighted by Gasteiger charge is -2.15. The lowest BCUT2D eigenvalue weighted by atomic mass is 10.1. The van der Waals surface area contributed by atoms with E-state index in [-0.39, 0.29) is 5.91 Å². The number of thiocarbonyl (C=S) groups is 1. The normalized spacial score (nSPS) is 14.7. The number of ether oxygens (including phenoxy) is 2. The number of hydrogen-bond donors (Lipinski definition) is 0. The second-order valence-corrected chi connectivity index (χ2v) is 10.0. The molecule has 0 N–H and O–H groups in total. The molecule has 3 aromatic rings. The van der Waals surface area contributed by atoms with Crippen molar-refractivity contribution in [1.29, 1.82) is 0 Å². The van der Waals surface area contributed by atoms with Crippen LogP contribution in [0.1, 0.15) is 18.1 Å². The molecule has 0 aliphatic carbocycles. The molecule has 1 heterocycles. The average molecular weight is 551 g/mol. The van der Waals surface area contributed by atoms with Gasteiger partial charge in [0.15, 0.2) is 15.8 Å². The molecule has 34 heavy (non-hydrogen) atoms. The Bertz CT molecular complexity index is 1300. The molecule has 3 aromatic carbocycles. The fourth-order valence-electron chi connectivity index (χ4n) is 3.24. The van der Waals surface area contributed by atoms with Crippen molar-refractivity contribution in [3.05, 3.63) is 91.8 Å². The zero-order valence-corrected chi connectivity index (χ0v) is 21.8. The zero-order chi connectivity index (χ0) is 24.2. The number of halogens is 3. The van der Waals surface area contributed by atoms with Gasteiger partial charge in [-0.15, -0.1) is 0 Å². The predicted octanol–water partition coefficient (Wildman–Crippen LogP) is 8.03. The Morgan fingerprint density at radius 2 is 1.74 bits per heavy atom. The summed E-state index contributed by atoms with van der Waals surface area (Å²) in [5, 5.41) is 1.40. The van der Waals surface area contributed by atoms with E-state index < -0.39 is 0 Å². The molecule has 0 unspecified atom stereocenters. The van der Waals surface area contributed by atoms with Crippen LogP contribution in [-0.4, -0.2) is 16.8 Å². The molecule has 174 valence electrons. The molecular weight excluding hydrogens is 533 g/mol. The molecule has 1 fully saturated rings. The van der Waals surface area contributed by atoms with E-state index in [2.05, 4.69) is 0 Å². The van der Waals surface area contributed by atoms with Crippen LogP contribution in [0, 0.1) is 0 Å². The molecule has 0 aromatic heterocycles. The number of nitrogens with zero attached hydrogens (tertiary/aromatic N) is 1. The summed E-state index contributed by atoms with van der Waals surface area (Å²) in [5.74, 6) is 0.927. The minimum Gasteiger partial charge on any atom is -0.490 e. The molecule has 1 amide bonds. The average Bonchev–Trinajstić information content (AvgIpc) is 3.09. The number of carbonyl (C=O) groups is 1. The quantitative estimate of drug-likeness (QED) is 0.220. The van der Waals surface area contributed by atoms with Crippen molar-refractivity contribution in [3.63, 3.8) is 0 Å². The first kappa shape index (κ1) is 24.9. The third kappa shape index (κ3) is 5.53. The Morgan fingerprint density at radius 3 is 2.47 bits per heavy atom. The predicted molar refractivity (Wildman–Crippen MR) is 146 cm³/mol. The van der Waals surface area contributed by atoms with E-state index in [0.717, 1.165) is 11.1 Å². The van der Waals surface area contributed by atoms with Gasteiger partial charge in [0.05, 0.1) is 27.2 Å². The van der Waals surface area contributed by atoms with Gasteiger partial charge >= 0.3 is 0 Å². The summed E-state index contributed by atoms with van der Waals surface area (Å²) in [4.78, 5) is 15.0. The van der Waals surface area contributed by atoms with Crippen LogP contribution in [0.25, 0.3) is 6.08 Å². The van der Waals surface area contributed by atoms with Crippen LogP contribution in [0.15, 0.2) is 65.6 Å². The highest BCUT2D eigenvalue weighted by Crippen LogP contribution is 2.39. The largest absolute Gasteiger partial charge is 0.490 e. The summed E-state index contributed by atoms with van der Waals surface area (Å²) in [6.45, 7) is 2.67. The second kappa shape index (κ2) is 11.0. The number of benzene rings is 3. The van der Waals surface area contributed by atoms with E-state index in [1.807, 2.05) is 49.4 Å². The second-order valence-electron chi connectivity index (χ2n) is 7.13.